The van der Waals surface area contributed by atoms with Crippen LogP contribution in [-0.2, 0) is 13.1 Å². The maximum atomic E-state index is 3.15. The van der Waals surface area contributed by atoms with Crippen molar-refractivity contribution >= 4 is 0 Å². The van der Waals surface area contributed by atoms with Gasteiger partial charge in [-0.15, -0.1) is 0 Å². The van der Waals surface area contributed by atoms with Gasteiger partial charge in [-0.3, -0.25) is 4.90 Å². The lowest BCUT2D eigenvalue weighted by atomic mass is 10.1. The summed E-state index contributed by atoms with van der Waals surface area (Å²) in [4.78, 5) is 2.32. The van der Waals surface area contributed by atoms with Gasteiger partial charge in [0.1, 0.15) is 0 Å². The number of hydrogen-bond donors (Lipinski definition) is 0. The van der Waals surface area contributed by atoms with E-state index < -0.39 is 0 Å². The van der Waals surface area contributed by atoms with Gasteiger partial charge in [-0.05, 0) is 42.8 Å². The van der Waals surface area contributed by atoms with E-state index in [9.17, 15) is 0 Å². The minimum absolute atomic E-state index is 1.09. The van der Waals surface area contributed by atoms with E-state index >= 15 is 0 Å². The second kappa shape index (κ2) is 2.35. The SMILES string of the molecule is Cc1c[c]cc2c1CN(C)C2. The highest BCUT2D eigenvalue weighted by Gasteiger charge is 2.15. The molecule has 11 heavy (non-hydrogen) atoms. The van der Waals surface area contributed by atoms with Crippen molar-refractivity contribution in [2.75, 3.05) is 7.05 Å². The van der Waals surface area contributed by atoms with Gasteiger partial charge in [-0.1, -0.05) is 6.07 Å². The molecule has 0 bridgehead atoms. The van der Waals surface area contributed by atoms with Crippen LogP contribution < -0.4 is 0 Å². The molecule has 0 N–H and O–H groups in total. The lowest BCUT2D eigenvalue weighted by Gasteiger charge is -2.03. The van der Waals surface area contributed by atoms with Crippen LogP contribution in [0, 0.1) is 13.0 Å². The molecule has 1 heteroatoms. The molecule has 0 saturated heterocycles. The second-order valence-electron chi connectivity index (χ2n) is 3.31. The van der Waals surface area contributed by atoms with E-state index in [2.05, 4.69) is 37.1 Å². The van der Waals surface area contributed by atoms with Crippen molar-refractivity contribution < 1.29 is 0 Å². The first kappa shape index (κ1) is 6.86. The lowest BCUT2D eigenvalue weighted by Crippen LogP contribution is -2.07. The normalized spacial score (nSPS) is 16.9. The minimum Gasteiger partial charge on any atom is -0.298 e. The number of fused-ring (bicyclic) bond motifs is 1. The second-order valence-corrected chi connectivity index (χ2v) is 3.31. The summed E-state index contributed by atoms with van der Waals surface area (Å²) in [5, 5.41) is 0. The summed E-state index contributed by atoms with van der Waals surface area (Å²) in [6.45, 7) is 4.36. The van der Waals surface area contributed by atoms with Gasteiger partial charge in [-0.2, -0.15) is 0 Å². The van der Waals surface area contributed by atoms with E-state index in [1.807, 2.05) is 0 Å². The highest BCUT2D eigenvalue weighted by Crippen LogP contribution is 2.23. The summed E-state index contributed by atoms with van der Waals surface area (Å²) >= 11 is 0. The summed E-state index contributed by atoms with van der Waals surface area (Å²) in [5.74, 6) is 0. The summed E-state index contributed by atoms with van der Waals surface area (Å²) in [6, 6.07) is 7.33. The molecular formula is C10H12N. The predicted octanol–water partition coefficient (Wildman–Crippen LogP) is 1.74. The minimum atomic E-state index is 1.09. The molecule has 1 heterocycles. The number of hydrogen-bond acceptors (Lipinski definition) is 1. The monoisotopic (exact) mass is 146 g/mol. The Labute approximate surface area is 67.6 Å². The van der Waals surface area contributed by atoms with Crippen LogP contribution in [0.25, 0.3) is 0 Å². The highest BCUT2D eigenvalue weighted by atomic mass is 15.1. The van der Waals surface area contributed by atoms with Crippen molar-refractivity contribution in [3.05, 3.63) is 34.9 Å². The van der Waals surface area contributed by atoms with Crippen LogP contribution in [0.15, 0.2) is 12.1 Å². The van der Waals surface area contributed by atoms with Gasteiger partial charge in [0.15, 0.2) is 0 Å². The molecule has 1 aliphatic heterocycles. The molecule has 57 valence electrons. The first-order chi connectivity index (χ1) is 5.27. The zero-order chi connectivity index (χ0) is 7.84. The fraction of sp³-hybridized carbons (Fsp3) is 0.400. The number of benzene rings is 1. The van der Waals surface area contributed by atoms with Gasteiger partial charge in [0.25, 0.3) is 0 Å². The topological polar surface area (TPSA) is 3.24 Å². The molecule has 2 rings (SSSR count). The van der Waals surface area contributed by atoms with E-state index in [1.165, 1.54) is 16.7 Å². The largest absolute Gasteiger partial charge is 0.298 e. The molecule has 0 unspecified atom stereocenters. The molecule has 0 amide bonds. The molecule has 1 nitrogen and oxygen atoms in total. The van der Waals surface area contributed by atoms with Gasteiger partial charge in [0.05, 0.1) is 0 Å². The van der Waals surface area contributed by atoms with Crippen LogP contribution in [-0.4, -0.2) is 11.9 Å². The summed E-state index contributed by atoms with van der Waals surface area (Å²) in [5.41, 5.74) is 4.34. The molecule has 1 radical (unpaired) electrons. The average Bonchev–Trinajstić information content (AvgIpc) is 2.31. The summed E-state index contributed by atoms with van der Waals surface area (Å²) < 4.78 is 0. The van der Waals surface area contributed by atoms with Crippen LogP contribution in [0.3, 0.4) is 0 Å². The summed E-state index contributed by atoms with van der Waals surface area (Å²) in [6.07, 6.45) is 0. The molecule has 1 aromatic rings. The van der Waals surface area contributed by atoms with Crippen molar-refractivity contribution in [3.8, 4) is 0 Å². The third kappa shape index (κ3) is 1.05. The maximum absolute atomic E-state index is 3.15. The Bertz CT molecular complexity index is 278. The number of rotatable bonds is 0. The summed E-state index contributed by atoms with van der Waals surface area (Å²) in [7, 11) is 2.15. The van der Waals surface area contributed by atoms with Crippen LogP contribution in [0.1, 0.15) is 16.7 Å². The van der Waals surface area contributed by atoms with E-state index in [4.69, 9.17) is 0 Å². The standard InChI is InChI=1S/C10H12N/c1-8-4-3-5-9-6-11(2)7-10(8)9/h4-5H,6-7H2,1-2H3. The Morgan fingerprint density at radius 1 is 1.36 bits per heavy atom. The Morgan fingerprint density at radius 2 is 2.18 bits per heavy atom. The maximum Gasteiger partial charge on any atom is 0.0240 e. The molecule has 0 aliphatic carbocycles. The number of nitrogens with zero attached hydrogens (tertiary/aromatic N) is 1. The van der Waals surface area contributed by atoms with E-state index in [0.717, 1.165) is 13.1 Å². The van der Waals surface area contributed by atoms with Gasteiger partial charge in [-0.25, -0.2) is 0 Å². The van der Waals surface area contributed by atoms with Gasteiger partial charge >= 0.3 is 0 Å². The van der Waals surface area contributed by atoms with Crippen LogP contribution in [0.4, 0.5) is 0 Å². The van der Waals surface area contributed by atoms with E-state index in [1.54, 1.807) is 0 Å². The van der Waals surface area contributed by atoms with E-state index in [-0.39, 0.29) is 0 Å². The first-order valence-corrected chi connectivity index (χ1v) is 3.94. The lowest BCUT2D eigenvalue weighted by molar-refractivity contribution is 0.353. The molecule has 0 saturated carbocycles. The van der Waals surface area contributed by atoms with Crippen LogP contribution in [0.5, 0.6) is 0 Å². The van der Waals surface area contributed by atoms with Crippen molar-refractivity contribution in [1.29, 1.82) is 0 Å². The highest BCUT2D eigenvalue weighted by molar-refractivity contribution is 5.36. The molecule has 0 spiro atoms. The number of aryl methyl sites for hydroxylation is 1. The fourth-order valence-corrected chi connectivity index (χ4v) is 1.68. The molecule has 1 aromatic carbocycles. The van der Waals surface area contributed by atoms with Crippen molar-refractivity contribution in [2.45, 2.75) is 20.0 Å². The zero-order valence-corrected chi connectivity index (χ0v) is 7.02. The quantitative estimate of drug-likeness (QED) is 0.539. The molecule has 0 atom stereocenters. The van der Waals surface area contributed by atoms with Gasteiger partial charge < -0.3 is 0 Å². The van der Waals surface area contributed by atoms with Crippen LogP contribution >= 0.6 is 0 Å². The van der Waals surface area contributed by atoms with Gasteiger partial charge in [0.2, 0.25) is 0 Å². The zero-order valence-electron chi connectivity index (χ0n) is 7.02. The predicted molar refractivity (Wildman–Crippen MR) is 45.2 cm³/mol. The Morgan fingerprint density at radius 3 is 2.91 bits per heavy atom. The molecular weight excluding hydrogens is 134 g/mol. The molecule has 1 aliphatic rings. The van der Waals surface area contributed by atoms with Crippen molar-refractivity contribution in [1.82, 2.24) is 4.90 Å². The van der Waals surface area contributed by atoms with Gasteiger partial charge in [0, 0.05) is 13.1 Å². The third-order valence-corrected chi connectivity index (χ3v) is 2.29. The van der Waals surface area contributed by atoms with Crippen molar-refractivity contribution in [3.63, 3.8) is 0 Å². The Hall–Kier alpha value is -0.820. The van der Waals surface area contributed by atoms with E-state index in [0.29, 0.717) is 0 Å². The average molecular weight is 146 g/mol. The smallest absolute Gasteiger partial charge is 0.0240 e. The molecule has 0 fully saturated rings. The first-order valence-electron chi connectivity index (χ1n) is 3.94. The fourth-order valence-electron chi connectivity index (χ4n) is 1.68. The van der Waals surface area contributed by atoms with Crippen LogP contribution in [0.2, 0.25) is 0 Å². The third-order valence-electron chi connectivity index (χ3n) is 2.29. The molecule has 0 aromatic heterocycles. The Balaban J connectivity index is 2.49. The van der Waals surface area contributed by atoms with Crippen molar-refractivity contribution in [2.24, 2.45) is 0 Å². The Kier molecular flexibility index (Phi) is 1.46.